The van der Waals surface area contributed by atoms with Gasteiger partial charge in [0.1, 0.15) is 11.3 Å². The number of ketones is 1. The van der Waals surface area contributed by atoms with Crippen molar-refractivity contribution in [2.75, 3.05) is 6.61 Å². The third kappa shape index (κ3) is 3.73. The zero-order chi connectivity index (χ0) is 23.0. The fraction of sp³-hybridized carbons (Fsp3) is 0.435. The van der Waals surface area contributed by atoms with Gasteiger partial charge in [-0.3, -0.25) is 9.59 Å². The third-order valence-electron chi connectivity index (χ3n) is 5.58. The van der Waals surface area contributed by atoms with Crippen molar-refractivity contribution in [3.8, 4) is 17.3 Å². The predicted octanol–water partition coefficient (Wildman–Crippen LogP) is 1.86. The number of quaternary nitrogens is 1. The van der Waals surface area contributed by atoms with Crippen LogP contribution in [0.25, 0.3) is 22.4 Å². The second kappa shape index (κ2) is 8.66. The Balaban J connectivity index is 1.89. The van der Waals surface area contributed by atoms with E-state index >= 15 is 0 Å². The molecule has 32 heavy (non-hydrogen) atoms. The molecule has 0 aromatic carbocycles. The molecule has 0 amide bonds. The summed E-state index contributed by atoms with van der Waals surface area (Å²) in [6.07, 6.45) is 8.10. The molecule has 0 saturated carbocycles. The standard InChI is InChI=1S/C23H27N6O3/c1-6-10-32-23-16(11-15(12-24-23)14(5)30)21-25-19-17(7-2)29(27-20(19)22(31)26-21)18-8-9-28(18)13(3)4/h9,11-13,18H,6-7,10H2,1-5H3,(H,25,26,31)/q-1/p+1. The SMILES string of the molecule is CCCOc1ncc(C(C)=O)cc1-c1nc2c(CC)n(C3[C-]=C[NH+]3C(C)C)nc2c(=O)[nH]1. The fourth-order valence-corrected chi connectivity index (χ4v) is 3.78. The molecule has 0 aliphatic carbocycles. The molecule has 0 spiro atoms. The van der Waals surface area contributed by atoms with Gasteiger partial charge in [-0.15, -0.1) is 0 Å². The van der Waals surface area contributed by atoms with Crippen LogP contribution in [0.2, 0.25) is 0 Å². The van der Waals surface area contributed by atoms with Crippen molar-refractivity contribution in [1.82, 2.24) is 24.7 Å². The summed E-state index contributed by atoms with van der Waals surface area (Å²) < 4.78 is 7.62. The van der Waals surface area contributed by atoms with Crippen LogP contribution < -0.4 is 15.2 Å². The van der Waals surface area contributed by atoms with Crippen molar-refractivity contribution in [2.24, 2.45) is 0 Å². The maximum absolute atomic E-state index is 13.0. The first-order chi connectivity index (χ1) is 15.3. The Kier molecular flexibility index (Phi) is 5.92. The summed E-state index contributed by atoms with van der Waals surface area (Å²) in [5.74, 6) is 0.505. The van der Waals surface area contributed by atoms with Crippen molar-refractivity contribution >= 4 is 16.8 Å². The maximum Gasteiger partial charge on any atom is 0.279 e. The van der Waals surface area contributed by atoms with Gasteiger partial charge in [0.25, 0.3) is 5.56 Å². The summed E-state index contributed by atoms with van der Waals surface area (Å²) in [6, 6.07) is 2.02. The number of hydrogen-bond donors (Lipinski definition) is 2. The van der Waals surface area contributed by atoms with Crippen LogP contribution in [0.15, 0.2) is 23.3 Å². The molecule has 4 rings (SSSR count). The number of ether oxygens (including phenoxy) is 1. The lowest BCUT2D eigenvalue weighted by molar-refractivity contribution is -0.928. The van der Waals surface area contributed by atoms with Gasteiger partial charge >= 0.3 is 0 Å². The van der Waals surface area contributed by atoms with Gasteiger partial charge < -0.3 is 20.7 Å². The van der Waals surface area contributed by atoms with Gasteiger partial charge in [-0.1, -0.05) is 20.0 Å². The minimum Gasteiger partial charge on any atom is -0.477 e. The average molecular weight is 437 g/mol. The number of nitrogens with zero attached hydrogens (tertiary/aromatic N) is 4. The van der Waals surface area contributed by atoms with Gasteiger partial charge in [0, 0.05) is 11.8 Å². The first-order valence-corrected chi connectivity index (χ1v) is 11.0. The Labute approximate surface area is 186 Å². The molecular formula is C23H28N6O3. The quantitative estimate of drug-likeness (QED) is 0.412. The highest BCUT2D eigenvalue weighted by molar-refractivity contribution is 5.95. The zero-order valence-corrected chi connectivity index (χ0v) is 19.0. The van der Waals surface area contributed by atoms with E-state index in [9.17, 15) is 9.59 Å². The minimum atomic E-state index is -0.345. The number of aromatic amines is 1. The van der Waals surface area contributed by atoms with Gasteiger partial charge in [0.15, 0.2) is 11.3 Å². The van der Waals surface area contributed by atoms with E-state index in [2.05, 4.69) is 35.0 Å². The fourth-order valence-electron chi connectivity index (χ4n) is 3.78. The second-order valence-corrected chi connectivity index (χ2v) is 8.21. The molecule has 0 radical (unpaired) electrons. The van der Waals surface area contributed by atoms with Crippen LogP contribution >= 0.6 is 0 Å². The highest BCUT2D eigenvalue weighted by atomic mass is 16.5. The molecule has 2 N–H and O–H groups in total. The number of nitrogens with one attached hydrogen (secondary N) is 2. The van der Waals surface area contributed by atoms with E-state index in [0.29, 0.717) is 47.4 Å². The van der Waals surface area contributed by atoms with E-state index in [1.54, 1.807) is 6.07 Å². The maximum atomic E-state index is 13.0. The first-order valence-electron chi connectivity index (χ1n) is 11.0. The normalized spacial score (nSPS) is 17.7. The van der Waals surface area contributed by atoms with Crippen LogP contribution in [-0.2, 0) is 6.42 Å². The molecule has 4 heterocycles. The van der Waals surface area contributed by atoms with Gasteiger partial charge in [-0.25, -0.2) is 14.6 Å². The van der Waals surface area contributed by atoms with Crippen molar-refractivity contribution in [1.29, 1.82) is 0 Å². The topological polar surface area (TPSA) is 107 Å². The molecule has 9 nitrogen and oxygen atoms in total. The lowest BCUT2D eigenvalue weighted by Gasteiger charge is -2.44. The Hall–Kier alpha value is -3.33. The summed E-state index contributed by atoms with van der Waals surface area (Å²) in [5, 5.41) is 4.60. The molecule has 1 aliphatic heterocycles. The summed E-state index contributed by atoms with van der Waals surface area (Å²) in [7, 11) is 0. The van der Waals surface area contributed by atoms with Gasteiger partial charge in [-0.05, 0) is 39.7 Å². The number of Topliss-reactive ketones (excluding diaryl/α,β-unsaturated/α-hetero) is 1. The van der Waals surface area contributed by atoms with Crippen LogP contribution in [0.5, 0.6) is 5.88 Å². The predicted molar refractivity (Wildman–Crippen MR) is 119 cm³/mol. The number of fused-ring (bicyclic) bond motifs is 1. The minimum absolute atomic E-state index is 0.0897. The number of hydrogen-bond acceptors (Lipinski definition) is 6. The highest BCUT2D eigenvalue weighted by Crippen LogP contribution is 2.28. The Morgan fingerprint density at radius 1 is 1.34 bits per heavy atom. The lowest BCUT2D eigenvalue weighted by atomic mass is 10.1. The van der Waals surface area contributed by atoms with E-state index in [4.69, 9.17) is 9.72 Å². The summed E-state index contributed by atoms with van der Waals surface area (Å²) in [6.45, 7) is 10.2. The van der Waals surface area contributed by atoms with Crippen molar-refractivity contribution in [2.45, 2.75) is 59.7 Å². The molecule has 1 aliphatic rings. The number of aromatic nitrogens is 5. The third-order valence-corrected chi connectivity index (χ3v) is 5.58. The second-order valence-electron chi connectivity index (χ2n) is 8.21. The monoisotopic (exact) mass is 436 g/mol. The van der Waals surface area contributed by atoms with Gasteiger partial charge in [0.05, 0.1) is 30.1 Å². The molecule has 2 unspecified atom stereocenters. The molecule has 3 aromatic heterocycles. The number of carbonyl (C=O) groups is 1. The molecule has 0 fully saturated rings. The van der Waals surface area contributed by atoms with E-state index in [-0.39, 0.29) is 23.0 Å². The van der Waals surface area contributed by atoms with Crippen molar-refractivity contribution in [3.63, 3.8) is 0 Å². The summed E-state index contributed by atoms with van der Waals surface area (Å²) in [5.41, 5.74) is 2.24. The van der Waals surface area contributed by atoms with Crippen LogP contribution in [-0.4, -0.2) is 43.2 Å². The van der Waals surface area contributed by atoms with Crippen molar-refractivity contribution in [3.05, 3.63) is 46.2 Å². The molecule has 3 aromatic rings. The van der Waals surface area contributed by atoms with Gasteiger partial charge in [-0.2, -0.15) is 5.10 Å². The van der Waals surface area contributed by atoms with Crippen LogP contribution in [0.1, 0.15) is 63.3 Å². The van der Waals surface area contributed by atoms with E-state index in [1.165, 1.54) is 18.0 Å². The number of pyridine rings is 1. The number of aryl methyl sites for hydroxylation is 1. The highest BCUT2D eigenvalue weighted by Gasteiger charge is 2.26. The molecule has 0 saturated heterocycles. The van der Waals surface area contributed by atoms with E-state index in [0.717, 1.165) is 12.1 Å². The smallest absolute Gasteiger partial charge is 0.279 e. The van der Waals surface area contributed by atoms with Gasteiger partial charge in [0.2, 0.25) is 5.88 Å². The van der Waals surface area contributed by atoms with Crippen LogP contribution in [0.4, 0.5) is 0 Å². The number of carbonyl (C=O) groups excluding carboxylic acids is 1. The molecule has 0 bridgehead atoms. The molecular weight excluding hydrogens is 408 g/mol. The number of rotatable bonds is 8. The Morgan fingerprint density at radius 3 is 2.72 bits per heavy atom. The largest absolute Gasteiger partial charge is 0.477 e. The first kappa shape index (κ1) is 21.9. The van der Waals surface area contributed by atoms with Crippen molar-refractivity contribution < 1.29 is 14.4 Å². The summed E-state index contributed by atoms with van der Waals surface area (Å²) in [4.78, 5) is 38.0. The Bertz CT molecular complexity index is 1260. The van der Waals surface area contributed by atoms with E-state index in [1.807, 2.05) is 24.7 Å². The van der Waals surface area contributed by atoms with E-state index < -0.39 is 0 Å². The van der Waals surface area contributed by atoms with Crippen LogP contribution in [0.3, 0.4) is 0 Å². The Morgan fingerprint density at radius 2 is 2.12 bits per heavy atom. The lowest BCUT2D eigenvalue weighted by Crippen LogP contribution is -3.15. The number of H-pyrrole nitrogens is 1. The van der Waals surface area contributed by atoms with Crippen LogP contribution in [0, 0.1) is 6.08 Å². The summed E-state index contributed by atoms with van der Waals surface area (Å²) >= 11 is 0. The molecule has 9 heteroatoms. The molecule has 168 valence electrons. The zero-order valence-electron chi connectivity index (χ0n) is 19.0. The average Bonchev–Trinajstić information content (AvgIpc) is 3.09. The molecule has 2 atom stereocenters.